The van der Waals surface area contributed by atoms with Crippen LogP contribution in [0, 0.1) is 0 Å². The van der Waals surface area contributed by atoms with Gasteiger partial charge in [0.1, 0.15) is 6.61 Å². The Morgan fingerprint density at radius 2 is 2.21 bits per heavy atom. The molecule has 2 heterocycles. The summed E-state index contributed by atoms with van der Waals surface area (Å²) >= 11 is 0. The number of nitrogens with zero attached hydrogens (tertiary/aromatic N) is 1. The molecule has 0 aromatic heterocycles. The Morgan fingerprint density at radius 1 is 1.36 bits per heavy atom. The maximum atomic E-state index is 11.5. The van der Waals surface area contributed by atoms with Crippen molar-refractivity contribution in [2.24, 2.45) is 0 Å². The van der Waals surface area contributed by atoms with Crippen molar-refractivity contribution in [3.63, 3.8) is 0 Å². The van der Waals surface area contributed by atoms with E-state index < -0.39 is 0 Å². The lowest BCUT2D eigenvalue weighted by atomic mass is 10.1. The van der Waals surface area contributed by atoms with Crippen LogP contribution in [0.2, 0.25) is 0 Å². The first kappa shape index (κ1) is 7.82. The molecule has 2 aliphatic heterocycles. The summed E-state index contributed by atoms with van der Waals surface area (Å²) in [6, 6.07) is 7.18. The first-order valence-corrected chi connectivity index (χ1v) is 4.56. The molecule has 1 atom stereocenters. The van der Waals surface area contributed by atoms with Gasteiger partial charge < -0.3 is 9.57 Å². The zero-order valence-corrected chi connectivity index (χ0v) is 7.47. The SMILES string of the molecule is O=C1OCCN2Oc3ccccc3C12. The van der Waals surface area contributed by atoms with E-state index in [1.54, 1.807) is 5.06 Å². The Morgan fingerprint density at radius 3 is 3.14 bits per heavy atom. The third-order valence-corrected chi connectivity index (χ3v) is 2.50. The van der Waals surface area contributed by atoms with Gasteiger partial charge in [0.05, 0.1) is 6.54 Å². The number of benzene rings is 1. The maximum absolute atomic E-state index is 11.5. The van der Waals surface area contributed by atoms with E-state index in [0.717, 1.165) is 11.3 Å². The van der Waals surface area contributed by atoms with Crippen LogP contribution < -0.4 is 4.84 Å². The normalized spacial score (nSPS) is 24.9. The van der Waals surface area contributed by atoms with Crippen LogP contribution >= 0.6 is 0 Å². The van der Waals surface area contributed by atoms with Gasteiger partial charge in [0.15, 0.2) is 11.8 Å². The van der Waals surface area contributed by atoms with Crippen molar-refractivity contribution in [2.75, 3.05) is 13.2 Å². The molecule has 0 radical (unpaired) electrons. The molecule has 14 heavy (non-hydrogen) atoms. The van der Waals surface area contributed by atoms with Crippen molar-refractivity contribution >= 4 is 5.97 Å². The zero-order valence-electron chi connectivity index (χ0n) is 7.47. The molecule has 0 saturated carbocycles. The second-order valence-electron chi connectivity index (χ2n) is 3.34. The molecule has 4 nitrogen and oxygen atoms in total. The minimum absolute atomic E-state index is 0.221. The summed E-state index contributed by atoms with van der Waals surface area (Å²) < 4.78 is 4.99. The highest BCUT2D eigenvalue weighted by Crippen LogP contribution is 2.38. The van der Waals surface area contributed by atoms with Gasteiger partial charge in [-0.2, -0.15) is 0 Å². The van der Waals surface area contributed by atoms with Crippen molar-refractivity contribution in [3.8, 4) is 5.75 Å². The van der Waals surface area contributed by atoms with Crippen molar-refractivity contribution in [2.45, 2.75) is 6.04 Å². The van der Waals surface area contributed by atoms with Crippen molar-refractivity contribution < 1.29 is 14.4 Å². The fraction of sp³-hybridized carbons (Fsp3) is 0.300. The molecule has 1 aromatic carbocycles. The number of ether oxygens (including phenoxy) is 1. The van der Waals surface area contributed by atoms with E-state index in [0.29, 0.717) is 13.2 Å². The minimum Gasteiger partial charge on any atom is -0.463 e. The van der Waals surface area contributed by atoms with E-state index in [4.69, 9.17) is 9.57 Å². The molecule has 1 saturated heterocycles. The van der Waals surface area contributed by atoms with Crippen LogP contribution in [0.1, 0.15) is 11.6 Å². The molecule has 3 rings (SSSR count). The Balaban J connectivity index is 2.07. The van der Waals surface area contributed by atoms with Gasteiger partial charge in [-0.25, -0.2) is 4.79 Å². The molecule has 1 aromatic rings. The Labute approximate surface area is 81.0 Å². The van der Waals surface area contributed by atoms with E-state index in [-0.39, 0.29) is 12.0 Å². The first-order valence-electron chi connectivity index (χ1n) is 4.56. The summed E-state index contributed by atoms with van der Waals surface area (Å²) in [5.74, 6) is 0.539. The number of hydrogen-bond acceptors (Lipinski definition) is 4. The van der Waals surface area contributed by atoms with Gasteiger partial charge in [-0.05, 0) is 6.07 Å². The van der Waals surface area contributed by atoms with Crippen LogP contribution in [0.3, 0.4) is 0 Å². The number of carbonyl (C=O) groups is 1. The third kappa shape index (κ3) is 0.943. The summed E-state index contributed by atoms with van der Waals surface area (Å²) in [4.78, 5) is 17.0. The monoisotopic (exact) mass is 191 g/mol. The van der Waals surface area contributed by atoms with Gasteiger partial charge in [0.25, 0.3) is 0 Å². The number of para-hydroxylation sites is 1. The van der Waals surface area contributed by atoms with Crippen molar-refractivity contribution in [1.29, 1.82) is 0 Å². The highest BCUT2D eigenvalue weighted by atomic mass is 16.7. The predicted molar refractivity (Wildman–Crippen MR) is 47.5 cm³/mol. The van der Waals surface area contributed by atoms with E-state index in [9.17, 15) is 4.79 Å². The van der Waals surface area contributed by atoms with Crippen LogP contribution in [0.4, 0.5) is 0 Å². The minimum atomic E-state index is -0.361. The number of carbonyl (C=O) groups excluding carboxylic acids is 1. The molecular formula is C10H9NO3. The zero-order chi connectivity index (χ0) is 9.54. The van der Waals surface area contributed by atoms with Gasteiger partial charge in [0, 0.05) is 5.56 Å². The standard InChI is InChI=1S/C10H9NO3/c12-10-9-7-3-1-2-4-8(7)14-11(9)5-6-13-10/h1-4,9H,5-6H2. The summed E-state index contributed by atoms with van der Waals surface area (Å²) in [5, 5.41) is 1.68. The van der Waals surface area contributed by atoms with Gasteiger partial charge in [0.2, 0.25) is 0 Å². The maximum Gasteiger partial charge on any atom is 0.331 e. The molecule has 0 spiro atoms. The van der Waals surface area contributed by atoms with Gasteiger partial charge in [-0.15, -0.1) is 5.06 Å². The number of rotatable bonds is 0. The lowest BCUT2D eigenvalue weighted by molar-refractivity contribution is -0.178. The lowest BCUT2D eigenvalue weighted by Gasteiger charge is -2.25. The van der Waals surface area contributed by atoms with Gasteiger partial charge in [-0.1, -0.05) is 18.2 Å². The molecule has 0 aliphatic carbocycles. The van der Waals surface area contributed by atoms with Crippen LogP contribution in [0.25, 0.3) is 0 Å². The smallest absolute Gasteiger partial charge is 0.331 e. The van der Waals surface area contributed by atoms with E-state index in [1.807, 2.05) is 24.3 Å². The largest absolute Gasteiger partial charge is 0.463 e. The molecule has 4 heteroatoms. The lowest BCUT2D eigenvalue weighted by Crippen LogP contribution is -2.40. The molecule has 0 bridgehead atoms. The fourth-order valence-corrected chi connectivity index (χ4v) is 1.86. The summed E-state index contributed by atoms with van der Waals surface area (Å²) in [5.41, 5.74) is 0.900. The van der Waals surface area contributed by atoms with Gasteiger partial charge >= 0.3 is 5.97 Å². The molecule has 1 fully saturated rings. The van der Waals surface area contributed by atoms with E-state index in [2.05, 4.69) is 0 Å². The van der Waals surface area contributed by atoms with Crippen LogP contribution in [-0.2, 0) is 9.53 Å². The number of hydroxylamine groups is 2. The predicted octanol–water partition coefficient (Wildman–Crippen LogP) is 0.894. The Kier molecular flexibility index (Phi) is 1.52. The molecule has 1 unspecified atom stereocenters. The second-order valence-corrected chi connectivity index (χ2v) is 3.34. The number of morpholine rings is 1. The highest BCUT2D eigenvalue weighted by Gasteiger charge is 2.41. The second kappa shape index (κ2) is 2.72. The first-order chi connectivity index (χ1) is 6.86. The number of hydrogen-bond donors (Lipinski definition) is 0. The van der Waals surface area contributed by atoms with Crippen LogP contribution in [0.5, 0.6) is 5.75 Å². The van der Waals surface area contributed by atoms with E-state index >= 15 is 0 Å². The molecule has 2 aliphatic rings. The Bertz CT molecular complexity index is 391. The van der Waals surface area contributed by atoms with Crippen LogP contribution in [0.15, 0.2) is 24.3 Å². The average molecular weight is 191 g/mol. The number of cyclic esters (lactones) is 1. The number of esters is 1. The fourth-order valence-electron chi connectivity index (χ4n) is 1.86. The molecule has 0 N–H and O–H groups in total. The summed E-state index contributed by atoms with van der Waals surface area (Å²) in [6.07, 6.45) is 0. The van der Waals surface area contributed by atoms with Crippen molar-refractivity contribution in [1.82, 2.24) is 5.06 Å². The quantitative estimate of drug-likeness (QED) is 0.571. The summed E-state index contributed by atoms with van der Waals surface area (Å²) in [7, 11) is 0. The Hall–Kier alpha value is -1.55. The molecule has 72 valence electrons. The van der Waals surface area contributed by atoms with Crippen molar-refractivity contribution in [3.05, 3.63) is 29.8 Å². The molecular weight excluding hydrogens is 182 g/mol. The van der Waals surface area contributed by atoms with Crippen LogP contribution in [-0.4, -0.2) is 24.2 Å². The average Bonchev–Trinajstić information content (AvgIpc) is 2.57. The van der Waals surface area contributed by atoms with Gasteiger partial charge in [-0.3, -0.25) is 0 Å². The third-order valence-electron chi connectivity index (χ3n) is 2.50. The summed E-state index contributed by atoms with van der Waals surface area (Å²) in [6.45, 7) is 1.04. The highest BCUT2D eigenvalue weighted by molar-refractivity contribution is 5.80. The molecule has 0 amide bonds. The van der Waals surface area contributed by atoms with E-state index in [1.165, 1.54) is 0 Å². The topological polar surface area (TPSA) is 38.8 Å². The number of fused-ring (bicyclic) bond motifs is 3.